The van der Waals surface area contributed by atoms with E-state index in [1.807, 2.05) is 32.9 Å². The zero-order chi connectivity index (χ0) is 12.4. The van der Waals surface area contributed by atoms with Crippen LogP contribution in [0.5, 0.6) is 11.6 Å². The number of rotatable bonds is 3. The van der Waals surface area contributed by atoms with Crippen LogP contribution < -0.4 is 10.5 Å². The van der Waals surface area contributed by atoms with Crippen molar-refractivity contribution < 1.29 is 4.74 Å². The van der Waals surface area contributed by atoms with Gasteiger partial charge >= 0.3 is 0 Å². The summed E-state index contributed by atoms with van der Waals surface area (Å²) < 4.78 is 7.54. The van der Waals surface area contributed by atoms with Gasteiger partial charge in [0.2, 0.25) is 5.88 Å². The second-order valence-electron chi connectivity index (χ2n) is 3.81. The van der Waals surface area contributed by atoms with Gasteiger partial charge < -0.3 is 10.5 Å². The fourth-order valence-electron chi connectivity index (χ4n) is 1.58. The van der Waals surface area contributed by atoms with Crippen molar-refractivity contribution in [2.75, 3.05) is 5.73 Å². The van der Waals surface area contributed by atoms with E-state index in [1.54, 1.807) is 10.9 Å². The number of nitrogen functional groups attached to an aromatic ring is 1. The van der Waals surface area contributed by atoms with Crippen molar-refractivity contribution in [1.82, 2.24) is 14.8 Å². The summed E-state index contributed by atoms with van der Waals surface area (Å²) in [5.41, 5.74) is 8.14. The van der Waals surface area contributed by atoms with Crippen LogP contribution in [0.3, 0.4) is 0 Å². The molecule has 0 amide bonds. The molecule has 0 spiro atoms. The number of aromatic nitrogens is 3. The van der Waals surface area contributed by atoms with E-state index in [-0.39, 0.29) is 0 Å². The third kappa shape index (κ3) is 2.08. The molecule has 2 heterocycles. The number of ether oxygens (including phenoxy) is 1. The van der Waals surface area contributed by atoms with Crippen molar-refractivity contribution in [2.45, 2.75) is 27.3 Å². The van der Waals surface area contributed by atoms with E-state index in [0.717, 1.165) is 11.4 Å². The molecular formula is C12H16N4O. The Balaban J connectivity index is 2.39. The number of nitrogens with two attached hydrogens (primary N) is 1. The average molecular weight is 232 g/mol. The fraction of sp³-hybridized carbons (Fsp3) is 0.333. The average Bonchev–Trinajstić information content (AvgIpc) is 2.59. The summed E-state index contributed by atoms with van der Waals surface area (Å²) in [5.74, 6) is 1.29. The molecule has 2 N–H and O–H groups in total. The van der Waals surface area contributed by atoms with E-state index in [4.69, 9.17) is 10.5 Å². The van der Waals surface area contributed by atoms with Crippen LogP contribution in [0.2, 0.25) is 0 Å². The van der Waals surface area contributed by atoms with Gasteiger partial charge in [-0.15, -0.1) is 0 Å². The summed E-state index contributed by atoms with van der Waals surface area (Å²) in [7, 11) is 0. The molecule has 0 saturated heterocycles. The first-order valence-corrected chi connectivity index (χ1v) is 5.55. The molecule has 5 heteroatoms. The van der Waals surface area contributed by atoms with Gasteiger partial charge in [-0.25, -0.2) is 4.68 Å². The third-order valence-electron chi connectivity index (χ3n) is 2.59. The Hall–Kier alpha value is -2.04. The first kappa shape index (κ1) is 11.4. The van der Waals surface area contributed by atoms with E-state index in [2.05, 4.69) is 10.1 Å². The van der Waals surface area contributed by atoms with Gasteiger partial charge in [0, 0.05) is 12.7 Å². The van der Waals surface area contributed by atoms with E-state index in [0.29, 0.717) is 23.9 Å². The lowest BCUT2D eigenvalue weighted by Gasteiger charge is -2.09. The van der Waals surface area contributed by atoms with Crippen molar-refractivity contribution in [3.05, 3.63) is 29.7 Å². The minimum absolute atomic E-state index is 0.579. The van der Waals surface area contributed by atoms with Gasteiger partial charge in [0.1, 0.15) is 5.69 Å². The summed E-state index contributed by atoms with van der Waals surface area (Å²) in [6.07, 6.45) is 1.73. The molecule has 0 saturated carbocycles. The molecule has 2 aromatic heterocycles. The van der Waals surface area contributed by atoms with Crippen LogP contribution in [-0.4, -0.2) is 14.8 Å². The molecule has 0 radical (unpaired) electrons. The van der Waals surface area contributed by atoms with Crippen LogP contribution in [0.1, 0.15) is 18.3 Å². The predicted octanol–water partition coefficient (Wildman–Crippen LogP) is 2.29. The number of hydrogen-bond donors (Lipinski definition) is 1. The minimum atomic E-state index is 0.579. The first-order valence-electron chi connectivity index (χ1n) is 5.55. The van der Waals surface area contributed by atoms with Crippen LogP contribution in [0, 0.1) is 13.8 Å². The lowest BCUT2D eigenvalue weighted by Crippen LogP contribution is -2.01. The van der Waals surface area contributed by atoms with Gasteiger partial charge in [-0.2, -0.15) is 5.10 Å². The molecule has 0 bridgehead atoms. The van der Waals surface area contributed by atoms with Crippen molar-refractivity contribution >= 4 is 5.69 Å². The molecule has 17 heavy (non-hydrogen) atoms. The van der Waals surface area contributed by atoms with Crippen LogP contribution >= 0.6 is 0 Å². The van der Waals surface area contributed by atoms with Crippen LogP contribution in [0.4, 0.5) is 5.69 Å². The van der Waals surface area contributed by atoms with E-state index < -0.39 is 0 Å². The topological polar surface area (TPSA) is 66.0 Å². The van der Waals surface area contributed by atoms with E-state index in [9.17, 15) is 0 Å². The van der Waals surface area contributed by atoms with Crippen LogP contribution in [0.25, 0.3) is 0 Å². The zero-order valence-electron chi connectivity index (χ0n) is 10.3. The van der Waals surface area contributed by atoms with Crippen LogP contribution in [0.15, 0.2) is 18.3 Å². The number of anilines is 1. The second-order valence-corrected chi connectivity index (χ2v) is 3.81. The van der Waals surface area contributed by atoms with Gasteiger partial charge in [-0.05, 0) is 32.9 Å². The van der Waals surface area contributed by atoms with Crippen molar-refractivity contribution in [1.29, 1.82) is 0 Å². The predicted molar refractivity (Wildman–Crippen MR) is 66.1 cm³/mol. The Kier molecular flexibility index (Phi) is 2.99. The molecule has 0 aliphatic carbocycles. The monoisotopic (exact) mass is 232 g/mol. The lowest BCUT2D eigenvalue weighted by molar-refractivity contribution is 0.414. The maximum atomic E-state index is 5.95. The highest BCUT2D eigenvalue weighted by atomic mass is 16.5. The zero-order valence-corrected chi connectivity index (χ0v) is 10.3. The molecule has 5 nitrogen and oxygen atoms in total. The van der Waals surface area contributed by atoms with Gasteiger partial charge in [0.15, 0.2) is 5.75 Å². The smallest absolute Gasteiger partial charge is 0.241 e. The normalized spacial score (nSPS) is 10.5. The Morgan fingerprint density at radius 1 is 1.35 bits per heavy atom. The Morgan fingerprint density at radius 2 is 2.12 bits per heavy atom. The highest BCUT2D eigenvalue weighted by Gasteiger charge is 2.14. The Morgan fingerprint density at radius 3 is 2.76 bits per heavy atom. The molecule has 0 aromatic carbocycles. The summed E-state index contributed by atoms with van der Waals surface area (Å²) >= 11 is 0. The minimum Gasteiger partial charge on any atom is -0.435 e. The van der Waals surface area contributed by atoms with Crippen molar-refractivity contribution in [3.63, 3.8) is 0 Å². The molecule has 90 valence electrons. The lowest BCUT2D eigenvalue weighted by atomic mass is 10.3. The van der Waals surface area contributed by atoms with Gasteiger partial charge in [0.25, 0.3) is 0 Å². The quantitative estimate of drug-likeness (QED) is 0.881. The van der Waals surface area contributed by atoms with Gasteiger partial charge in [0.05, 0.1) is 11.4 Å². The first-order chi connectivity index (χ1) is 8.13. The second kappa shape index (κ2) is 4.45. The highest BCUT2D eigenvalue weighted by Crippen LogP contribution is 2.30. The molecule has 2 rings (SSSR count). The van der Waals surface area contributed by atoms with Gasteiger partial charge in [-0.3, -0.25) is 4.98 Å². The molecule has 0 aliphatic heterocycles. The molecule has 2 aromatic rings. The molecule has 0 fully saturated rings. The molecule has 0 atom stereocenters. The largest absolute Gasteiger partial charge is 0.435 e. The number of nitrogens with zero attached hydrogens (tertiary/aromatic N) is 3. The number of aryl methyl sites for hydroxylation is 3. The number of pyridine rings is 1. The summed E-state index contributed by atoms with van der Waals surface area (Å²) in [6.45, 7) is 6.47. The summed E-state index contributed by atoms with van der Waals surface area (Å²) in [5, 5.41) is 4.30. The fourth-order valence-corrected chi connectivity index (χ4v) is 1.58. The number of hydrogen-bond acceptors (Lipinski definition) is 4. The summed E-state index contributed by atoms with van der Waals surface area (Å²) in [4.78, 5) is 4.17. The Labute approximate surface area is 100 Å². The maximum absolute atomic E-state index is 5.95. The molecule has 0 aliphatic rings. The Bertz CT molecular complexity index is 533. The SMILES string of the molecule is CCn1nc(C)c(N)c1Oc1cccnc1C. The van der Waals surface area contributed by atoms with Crippen LogP contribution in [-0.2, 0) is 6.54 Å². The summed E-state index contributed by atoms with van der Waals surface area (Å²) in [6, 6.07) is 3.70. The van der Waals surface area contributed by atoms with Crippen molar-refractivity contribution in [2.24, 2.45) is 0 Å². The maximum Gasteiger partial charge on any atom is 0.241 e. The van der Waals surface area contributed by atoms with E-state index >= 15 is 0 Å². The van der Waals surface area contributed by atoms with E-state index in [1.165, 1.54) is 0 Å². The van der Waals surface area contributed by atoms with Crippen molar-refractivity contribution in [3.8, 4) is 11.6 Å². The third-order valence-corrected chi connectivity index (χ3v) is 2.59. The standard InChI is InChI=1S/C12H16N4O/c1-4-16-12(11(13)9(3)15-16)17-10-6-5-7-14-8(10)2/h5-7H,4,13H2,1-3H3. The molecular weight excluding hydrogens is 216 g/mol. The van der Waals surface area contributed by atoms with Gasteiger partial charge in [-0.1, -0.05) is 0 Å². The highest BCUT2D eigenvalue weighted by molar-refractivity contribution is 5.54. The molecule has 0 unspecified atom stereocenters.